The van der Waals surface area contributed by atoms with Crippen LogP contribution >= 0.6 is 0 Å². The third-order valence-electron chi connectivity index (χ3n) is 4.68. The highest BCUT2D eigenvalue weighted by Gasteiger charge is 2.54. The molecule has 0 aliphatic carbocycles. The molecule has 0 bridgehead atoms. The zero-order valence-corrected chi connectivity index (χ0v) is 14.1. The van der Waals surface area contributed by atoms with Gasteiger partial charge < -0.3 is 18.9 Å². The van der Waals surface area contributed by atoms with Crippen molar-refractivity contribution in [2.45, 2.75) is 44.7 Å². The fraction of sp³-hybridized carbons (Fsp3) is 0.368. The van der Waals surface area contributed by atoms with Crippen LogP contribution in [0.1, 0.15) is 32.3 Å². The van der Waals surface area contributed by atoms with Crippen LogP contribution in [-0.2, 0) is 23.8 Å². The first kappa shape index (κ1) is 15.7. The number of rotatable bonds is 2. The van der Waals surface area contributed by atoms with Crippen molar-refractivity contribution in [2.75, 3.05) is 0 Å². The Hall–Kier alpha value is -2.76. The van der Waals surface area contributed by atoms with E-state index in [0.717, 1.165) is 11.3 Å². The third-order valence-corrected chi connectivity index (χ3v) is 4.68. The van der Waals surface area contributed by atoms with Crippen molar-refractivity contribution in [3.8, 4) is 5.75 Å². The van der Waals surface area contributed by atoms with Crippen LogP contribution in [0, 0.1) is 0 Å². The first-order valence-electron chi connectivity index (χ1n) is 8.10. The van der Waals surface area contributed by atoms with Crippen molar-refractivity contribution < 1.29 is 28.5 Å². The molecule has 1 saturated heterocycles. The Morgan fingerprint density at radius 3 is 2.60 bits per heavy atom. The van der Waals surface area contributed by atoms with Gasteiger partial charge in [-0.15, -0.1) is 0 Å². The summed E-state index contributed by atoms with van der Waals surface area (Å²) in [7, 11) is 0. The molecular weight excluding hydrogens is 324 g/mol. The van der Waals surface area contributed by atoms with Crippen molar-refractivity contribution >= 4 is 11.9 Å². The second-order valence-electron chi connectivity index (χ2n) is 6.88. The molecule has 0 saturated carbocycles. The Bertz CT molecular complexity index is 819. The van der Waals surface area contributed by atoms with Gasteiger partial charge in [0.05, 0.1) is 17.8 Å². The minimum atomic E-state index is -0.824. The van der Waals surface area contributed by atoms with E-state index >= 15 is 0 Å². The van der Waals surface area contributed by atoms with Gasteiger partial charge >= 0.3 is 11.9 Å². The molecule has 25 heavy (non-hydrogen) atoms. The molecule has 6 heteroatoms. The molecule has 0 radical (unpaired) electrons. The average Bonchev–Trinajstić information content (AvgIpc) is 3.05. The SMILES string of the molecule is CC1=CC(O/C=C2/C(=O)OC3C2c2ccccc2OC3(C)C)OC1=O. The van der Waals surface area contributed by atoms with Gasteiger partial charge in [-0.25, -0.2) is 9.59 Å². The molecule has 0 N–H and O–H groups in total. The van der Waals surface area contributed by atoms with E-state index < -0.39 is 29.9 Å². The van der Waals surface area contributed by atoms with Crippen molar-refractivity contribution in [1.29, 1.82) is 0 Å². The van der Waals surface area contributed by atoms with Gasteiger partial charge in [0.1, 0.15) is 11.4 Å². The van der Waals surface area contributed by atoms with Gasteiger partial charge in [-0.1, -0.05) is 18.2 Å². The third kappa shape index (κ3) is 2.49. The summed E-state index contributed by atoms with van der Waals surface area (Å²) in [5, 5.41) is 0. The zero-order chi connectivity index (χ0) is 17.8. The molecule has 1 aromatic carbocycles. The number of para-hydroxylation sites is 1. The quantitative estimate of drug-likeness (QED) is 0.467. The molecule has 3 aliphatic rings. The summed E-state index contributed by atoms with van der Waals surface area (Å²) in [4.78, 5) is 23.8. The minimum Gasteiger partial charge on any atom is -0.484 e. The molecule has 3 unspecified atom stereocenters. The van der Waals surface area contributed by atoms with Gasteiger partial charge in [0.25, 0.3) is 6.29 Å². The predicted molar refractivity (Wildman–Crippen MR) is 86.6 cm³/mol. The van der Waals surface area contributed by atoms with Crippen LogP contribution < -0.4 is 4.74 Å². The van der Waals surface area contributed by atoms with E-state index in [4.69, 9.17) is 18.9 Å². The van der Waals surface area contributed by atoms with Gasteiger partial charge in [0.2, 0.25) is 0 Å². The average molecular weight is 342 g/mol. The number of esters is 2. The van der Waals surface area contributed by atoms with Crippen molar-refractivity contribution in [3.63, 3.8) is 0 Å². The molecule has 1 fully saturated rings. The van der Waals surface area contributed by atoms with E-state index in [9.17, 15) is 9.59 Å². The predicted octanol–water partition coefficient (Wildman–Crippen LogP) is 2.60. The number of cyclic esters (lactones) is 1. The number of benzene rings is 1. The van der Waals surface area contributed by atoms with E-state index in [0.29, 0.717) is 11.1 Å². The summed E-state index contributed by atoms with van der Waals surface area (Å²) >= 11 is 0. The van der Waals surface area contributed by atoms with Gasteiger partial charge in [-0.2, -0.15) is 0 Å². The Balaban J connectivity index is 1.69. The lowest BCUT2D eigenvalue weighted by atomic mass is 9.79. The molecule has 0 spiro atoms. The first-order chi connectivity index (χ1) is 11.9. The highest BCUT2D eigenvalue weighted by atomic mass is 16.7. The van der Waals surface area contributed by atoms with E-state index in [1.54, 1.807) is 13.0 Å². The number of hydrogen-bond donors (Lipinski definition) is 0. The largest absolute Gasteiger partial charge is 0.484 e. The van der Waals surface area contributed by atoms with Gasteiger partial charge in [-0.3, -0.25) is 0 Å². The van der Waals surface area contributed by atoms with Crippen LogP contribution in [0.15, 0.2) is 47.7 Å². The molecule has 130 valence electrons. The number of carbonyl (C=O) groups is 2. The van der Waals surface area contributed by atoms with Crippen molar-refractivity contribution in [2.24, 2.45) is 0 Å². The van der Waals surface area contributed by atoms with Crippen LogP contribution in [-0.4, -0.2) is 29.9 Å². The Kier molecular flexibility index (Phi) is 3.39. The van der Waals surface area contributed by atoms with Crippen LogP contribution in [0.25, 0.3) is 0 Å². The number of hydrogen-bond acceptors (Lipinski definition) is 6. The monoisotopic (exact) mass is 342 g/mol. The van der Waals surface area contributed by atoms with E-state index in [1.807, 2.05) is 38.1 Å². The number of fused-ring (bicyclic) bond motifs is 3. The topological polar surface area (TPSA) is 71.1 Å². The minimum absolute atomic E-state index is 0.297. The smallest absolute Gasteiger partial charge is 0.338 e. The molecule has 4 rings (SSSR count). The van der Waals surface area contributed by atoms with Crippen LogP contribution in [0.4, 0.5) is 0 Å². The van der Waals surface area contributed by atoms with E-state index in [-0.39, 0.29) is 5.92 Å². The lowest BCUT2D eigenvalue weighted by Crippen LogP contribution is -2.47. The van der Waals surface area contributed by atoms with E-state index in [2.05, 4.69) is 0 Å². The molecule has 1 aromatic rings. The van der Waals surface area contributed by atoms with Gasteiger partial charge in [0.15, 0.2) is 6.10 Å². The fourth-order valence-corrected chi connectivity index (χ4v) is 3.42. The number of ether oxygens (including phenoxy) is 4. The van der Waals surface area contributed by atoms with Gasteiger partial charge in [-0.05, 0) is 26.8 Å². The standard InChI is InChI=1S/C19H18O6/c1-10-8-14(23-17(10)20)22-9-12-15-11-6-4-5-7-13(11)25-19(2,3)16(15)24-18(12)21/h4-9,14-16H,1-3H3/b12-9+. The molecule has 3 aliphatic heterocycles. The van der Waals surface area contributed by atoms with Crippen LogP contribution in [0.5, 0.6) is 5.75 Å². The summed E-state index contributed by atoms with van der Waals surface area (Å²) in [6.45, 7) is 5.43. The molecule has 0 aromatic heterocycles. The van der Waals surface area contributed by atoms with Crippen molar-refractivity contribution in [1.82, 2.24) is 0 Å². The zero-order valence-electron chi connectivity index (χ0n) is 14.1. The maximum atomic E-state index is 12.4. The molecule has 3 heterocycles. The maximum absolute atomic E-state index is 12.4. The normalized spacial score (nSPS) is 30.8. The second kappa shape index (κ2) is 5.37. The summed E-state index contributed by atoms with van der Waals surface area (Å²) in [6.07, 6.45) is 1.64. The molecule has 6 nitrogen and oxygen atoms in total. The Labute approximate surface area is 145 Å². The van der Waals surface area contributed by atoms with Crippen LogP contribution in [0.3, 0.4) is 0 Å². The Morgan fingerprint density at radius 1 is 1.12 bits per heavy atom. The summed E-state index contributed by atoms with van der Waals surface area (Å²) in [6, 6.07) is 7.57. The fourth-order valence-electron chi connectivity index (χ4n) is 3.42. The molecular formula is C19H18O6. The second-order valence-corrected chi connectivity index (χ2v) is 6.88. The van der Waals surface area contributed by atoms with Gasteiger partial charge in [0, 0.05) is 17.2 Å². The Morgan fingerprint density at radius 2 is 1.88 bits per heavy atom. The summed E-state index contributed by atoms with van der Waals surface area (Å²) < 4.78 is 22.1. The van der Waals surface area contributed by atoms with Crippen molar-refractivity contribution in [3.05, 3.63) is 53.3 Å². The van der Waals surface area contributed by atoms with E-state index in [1.165, 1.54) is 6.26 Å². The number of carbonyl (C=O) groups excluding carboxylic acids is 2. The molecule has 3 atom stereocenters. The molecule has 0 amide bonds. The van der Waals surface area contributed by atoms with Crippen LogP contribution in [0.2, 0.25) is 0 Å². The lowest BCUT2D eigenvalue weighted by molar-refractivity contribution is -0.152. The highest BCUT2D eigenvalue weighted by Crippen LogP contribution is 2.49. The summed E-state index contributed by atoms with van der Waals surface area (Å²) in [5.41, 5.74) is 1.08. The summed E-state index contributed by atoms with van der Waals surface area (Å²) in [5.74, 6) is -0.447. The maximum Gasteiger partial charge on any atom is 0.338 e. The lowest BCUT2D eigenvalue weighted by Gasteiger charge is -2.39. The highest BCUT2D eigenvalue weighted by molar-refractivity contribution is 5.93. The first-order valence-corrected chi connectivity index (χ1v) is 8.10.